The van der Waals surface area contributed by atoms with E-state index in [0.29, 0.717) is 12.4 Å². The number of nitrogens with two attached hydrogens (primary N) is 3. The van der Waals surface area contributed by atoms with Crippen molar-refractivity contribution in [2.75, 3.05) is 6.54 Å². The number of rotatable bonds is 5. The second kappa shape index (κ2) is 5.36. The van der Waals surface area contributed by atoms with E-state index in [1.807, 2.05) is 0 Å². The van der Waals surface area contributed by atoms with Crippen LogP contribution in [0.1, 0.15) is 13.3 Å². The summed E-state index contributed by atoms with van der Waals surface area (Å²) in [5.41, 5.74) is 14.1. The SMILES string of the molecule is CC(N)=NC/C=C/CC(N)(N)C(=O)O. The third-order valence-electron chi connectivity index (χ3n) is 1.47. The van der Waals surface area contributed by atoms with Crippen molar-refractivity contribution >= 4 is 11.8 Å². The van der Waals surface area contributed by atoms with Crippen LogP contribution >= 0.6 is 0 Å². The normalized spacial score (nSPS) is 13.5. The number of nitrogens with zero attached hydrogens (tertiary/aromatic N) is 1. The summed E-state index contributed by atoms with van der Waals surface area (Å²) in [4.78, 5) is 14.3. The Kier molecular flexibility index (Phi) is 4.82. The first-order chi connectivity index (χ1) is 6.36. The van der Waals surface area contributed by atoms with E-state index in [-0.39, 0.29) is 6.42 Å². The molecular formula is C8H16N4O2. The minimum absolute atomic E-state index is 0.0570. The third-order valence-corrected chi connectivity index (χ3v) is 1.47. The summed E-state index contributed by atoms with van der Waals surface area (Å²) in [6.07, 6.45) is 3.29. The molecule has 0 saturated carbocycles. The summed E-state index contributed by atoms with van der Waals surface area (Å²) in [5.74, 6) is -0.764. The highest BCUT2D eigenvalue weighted by molar-refractivity contribution is 5.78. The lowest BCUT2D eigenvalue weighted by molar-refractivity contribution is -0.143. The minimum atomic E-state index is -1.71. The van der Waals surface area contributed by atoms with Crippen LogP contribution in [-0.4, -0.2) is 29.1 Å². The quantitative estimate of drug-likeness (QED) is 0.196. The van der Waals surface area contributed by atoms with Crippen molar-refractivity contribution in [3.8, 4) is 0 Å². The molecule has 0 heterocycles. The Balaban J connectivity index is 3.94. The number of carboxylic acid groups (broad SMARTS) is 1. The fourth-order valence-corrected chi connectivity index (χ4v) is 0.637. The first-order valence-electron chi connectivity index (χ1n) is 4.09. The summed E-state index contributed by atoms with van der Waals surface area (Å²) in [6, 6.07) is 0. The van der Waals surface area contributed by atoms with E-state index < -0.39 is 11.6 Å². The summed E-state index contributed by atoms with van der Waals surface area (Å²) >= 11 is 0. The molecule has 80 valence electrons. The smallest absolute Gasteiger partial charge is 0.338 e. The average molecular weight is 200 g/mol. The molecule has 0 fully saturated rings. The fraction of sp³-hybridized carbons (Fsp3) is 0.500. The van der Waals surface area contributed by atoms with E-state index >= 15 is 0 Å². The minimum Gasteiger partial charge on any atom is -0.479 e. The van der Waals surface area contributed by atoms with Gasteiger partial charge in [0.05, 0.1) is 12.4 Å². The predicted octanol–water partition coefficient (Wildman–Crippen LogP) is -0.992. The molecule has 0 aliphatic heterocycles. The van der Waals surface area contributed by atoms with Gasteiger partial charge in [-0.2, -0.15) is 0 Å². The lowest BCUT2D eigenvalue weighted by Gasteiger charge is -2.15. The van der Waals surface area contributed by atoms with Gasteiger partial charge in [-0.1, -0.05) is 12.2 Å². The maximum absolute atomic E-state index is 10.5. The molecule has 0 bridgehead atoms. The Morgan fingerprint density at radius 3 is 2.50 bits per heavy atom. The standard InChI is InChI=1S/C8H16N4O2/c1-6(9)12-5-3-2-4-8(10,11)7(13)14/h2-3H,4-5,10-11H2,1H3,(H2,9,12)(H,13,14)/b3-2+. The first kappa shape index (κ1) is 12.6. The number of hydrogen-bond acceptors (Lipinski definition) is 4. The third kappa shape index (κ3) is 5.28. The van der Waals surface area contributed by atoms with Gasteiger partial charge in [0.2, 0.25) is 0 Å². The Labute approximate surface area is 82.5 Å². The van der Waals surface area contributed by atoms with E-state index in [9.17, 15) is 4.79 Å². The van der Waals surface area contributed by atoms with Crippen LogP contribution in [0.25, 0.3) is 0 Å². The highest BCUT2D eigenvalue weighted by atomic mass is 16.4. The number of amidine groups is 1. The molecule has 0 aromatic carbocycles. The monoisotopic (exact) mass is 200 g/mol. The summed E-state index contributed by atoms with van der Waals surface area (Å²) in [7, 11) is 0. The van der Waals surface area contributed by atoms with Gasteiger partial charge >= 0.3 is 5.97 Å². The molecule has 0 spiro atoms. The summed E-state index contributed by atoms with van der Waals surface area (Å²) in [6.45, 7) is 2.07. The molecule has 6 heteroatoms. The molecule has 0 amide bonds. The molecule has 0 radical (unpaired) electrons. The van der Waals surface area contributed by atoms with Gasteiger partial charge in [-0.15, -0.1) is 0 Å². The van der Waals surface area contributed by atoms with E-state index in [1.54, 1.807) is 19.1 Å². The molecule has 0 aromatic heterocycles. The van der Waals surface area contributed by atoms with E-state index in [1.165, 1.54) is 0 Å². The molecule has 0 aliphatic carbocycles. The number of carbonyl (C=O) groups is 1. The van der Waals surface area contributed by atoms with E-state index in [0.717, 1.165) is 0 Å². The summed E-state index contributed by atoms with van der Waals surface area (Å²) < 4.78 is 0. The Morgan fingerprint density at radius 2 is 2.07 bits per heavy atom. The molecule has 6 nitrogen and oxygen atoms in total. The van der Waals surface area contributed by atoms with E-state index in [2.05, 4.69) is 4.99 Å². The zero-order chi connectivity index (χ0) is 11.2. The molecule has 0 aliphatic rings. The molecule has 0 rings (SSSR count). The molecule has 0 atom stereocenters. The van der Waals surface area contributed by atoms with Crippen LogP contribution in [0.2, 0.25) is 0 Å². The molecule has 0 saturated heterocycles. The maximum atomic E-state index is 10.5. The fourth-order valence-electron chi connectivity index (χ4n) is 0.637. The highest BCUT2D eigenvalue weighted by Crippen LogP contribution is 1.99. The van der Waals surface area contributed by atoms with Crippen molar-refractivity contribution < 1.29 is 9.90 Å². The van der Waals surface area contributed by atoms with Crippen molar-refractivity contribution in [3.63, 3.8) is 0 Å². The van der Waals surface area contributed by atoms with Gasteiger partial charge in [0.25, 0.3) is 0 Å². The predicted molar refractivity (Wildman–Crippen MR) is 54.7 cm³/mol. The van der Waals surface area contributed by atoms with Crippen molar-refractivity contribution in [1.29, 1.82) is 0 Å². The molecule has 0 aromatic rings. The van der Waals surface area contributed by atoms with Crippen LogP contribution in [-0.2, 0) is 4.79 Å². The Morgan fingerprint density at radius 1 is 1.50 bits per heavy atom. The second-order valence-electron chi connectivity index (χ2n) is 3.00. The number of hydrogen-bond donors (Lipinski definition) is 4. The number of aliphatic imine (C=N–C) groups is 1. The highest BCUT2D eigenvalue weighted by Gasteiger charge is 2.26. The van der Waals surface area contributed by atoms with Crippen molar-refractivity contribution in [2.45, 2.75) is 19.0 Å². The lowest BCUT2D eigenvalue weighted by Crippen LogP contribution is -2.55. The van der Waals surface area contributed by atoms with Gasteiger partial charge in [-0.3, -0.25) is 4.99 Å². The zero-order valence-electron chi connectivity index (χ0n) is 8.10. The Bertz CT molecular complexity index is 254. The molecule has 14 heavy (non-hydrogen) atoms. The summed E-state index contributed by atoms with van der Waals surface area (Å²) in [5, 5.41) is 8.55. The van der Waals surface area contributed by atoms with Crippen LogP contribution in [0.15, 0.2) is 17.1 Å². The van der Waals surface area contributed by atoms with Crippen molar-refractivity contribution in [2.24, 2.45) is 22.2 Å². The first-order valence-corrected chi connectivity index (χ1v) is 4.09. The zero-order valence-corrected chi connectivity index (χ0v) is 8.10. The van der Waals surface area contributed by atoms with Crippen molar-refractivity contribution in [3.05, 3.63) is 12.2 Å². The molecule has 0 unspecified atom stereocenters. The second-order valence-corrected chi connectivity index (χ2v) is 3.00. The van der Waals surface area contributed by atoms with Gasteiger partial charge in [0, 0.05) is 6.42 Å². The molecule has 7 N–H and O–H groups in total. The van der Waals surface area contributed by atoms with Gasteiger partial charge in [-0.25, -0.2) is 4.79 Å². The van der Waals surface area contributed by atoms with Crippen LogP contribution in [0.4, 0.5) is 0 Å². The Hall–Kier alpha value is -1.40. The average Bonchev–Trinajstić information content (AvgIpc) is 2.02. The van der Waals surface area contributed by atoms with Crippen LogP contribution in [0.5, 0.6) is 0 Å². The van der Waals surface area contributed by atoms with Gasteiger partial charge in [-0.05, 0) is 6.92 Å². The maximum Gasteiger partial charge on any atom is 0.338 e. The topological polar surface area (TPSA) is 128 Å². The van der Waals surface area contributed by atoms with Crippen molar-refractivity contribution in [1.82, 2.24) is 0 Å². The van der Waals surface area contributed by atoms with Crippen LogP contribution < -0.4 is 17.2 Å². The van der Waals surface area contributed by atoms with Gasteiger partial charge in [0.1, 0.15) is 0 Å². The van der Waals surface area contributed by atoms with Gasteiger partial charge < -0.3 is 22.3 Å². The van der Waals surface area contributed by atoms with E-state index in [4.69, 9.17) is 22.3 Å². The van der Waals surface area contributed by atoms with Gasteiger partial charge in [0.15, 0.2) is 5.66 Å². The van der Waals surface area contributed by atoms with Crippen LogP contribution in [0, 0.1) is 0 Å². The largest absolute Gasteiger partial charge is 0.479 e. The number of aliphatic carboxylic acids is 1. The van der Waals surface area contributed by atoms with Crippen LogP contribution in [0.3, 0.4) is 0 Å². The lowest BCUT2D eigenvalue weighted by atomic mass is 10.1. The number of carboxylic acids is 1. The molecular weight excluding hydrogens is 184 g/mol.